The first-order chi connectivity index (χ1) is 10.6. The van der Waals surface area contributed by atoms with E-state index in [9.17, 15) is 5.11 Å². The van der Waals surface area contributed by atoms with E-state index in [2.05, 4.69) is 26.6 Å². The summed E-state index contributed by atoms with van der Waals surface area (Å²) in [5, 5.41) is 15.9. The van der Waals surface area contributed by atoms with Crippen molar-refractivity contribution in [3.63, 3.8) is 0 Å². The number of thiophene rings is 1. The molecule has 3 rings (SSSR count). The summed E-state index contributed by atoms with van der Waals surface area (Å²) in [6.07, 6.45) is 1.90. The van der Waals surface area contributed by atoms with Gasteiger partial charge in [0.15, 0.2) is 0 Å². The van der Waals surface area contributed by atoms with Gasteiger partial charge >= 0.3 is 0 Å². The number of nitrogens with zero attached hydrogens (tertiary/aromatic N) is 2. The van der Waals surface area contributed by atoms with Gasteiger partial charge < -0.3 is 15.2 Å². The second kappa shape index (κ2) is 7.02. The second-order valence-corrected chi connectivity index (χ2v) is 7.08. The fraction of sp³-hybridized carbons (Fsp3) is 0.562. The summed E-state index contributed by atoms with van der Waals surface area (Å²) in [5.74, 6) is 0. The van der Waals surface area contributed by atoms with Gasteiger partial charge in [-0.3, -0.25) is 9.88 Å². The lowest BCUT2D eigenvalue weighted by Crippen LogP contribution is -2.50. The molecule has 0 spiro atoms. The van der Waals surface area contributed by atoms with Gasteiger partial charge in [0.1, 0.15) is 0 Å². The van der Waals surface area contributed by atoms with E-state index in [1.165, 1.54) is 4.70 Å². The van der Waals surface area contributed by atoms with Gasteiger partial charge in [-0.15, -0.1) is 11.3 Å². The summed E-state index contributed by atoms with van der Waals surface area (Å²) in [6.45, 7) is 7.16. The smallest absolute Gasteiger partial charge is 0.0869 e. The Balaban J connectivity index is 1.48. The first-order valence-electron chi connectivity index (χ1n) is 7.68. The van der Waals surface area contributed by atoms with Gasteiger partial charge in [0, 0.05) is 38.9 Å². The van der Waals surface area contributed by atoms with Gasteiger partial charge in [-0.25, -0.2) is 0 Å². The fourth-order valence-electron chi connectivity index (χ4n) is 2.76. The normalized spacial score (nSPS) is 19.4. The van der Waals surface area contributed by atoms with Crippen molar-refractivity contribution < 1.29 is 9.84 Å². The van der Waals surface area contributed by atoms with Crippen molar-refractivity contribution in [1.82, 2.24) is 15.2 Å². The molecule has 120 valence electrons. The zero-order valence-corrected chi connectivity index (χ0v) is 13.7. The molecule has 0 aromatic carbocycles. The minimum atomic E-state index is -0.738. The molecule has 1 fully saturated rings. The van der Waals surface area contributed by atoms with E-state index in [1.54, 1.807) is 11.3 Å². The zero-order chi connectivity index (χ0) is 15.4. The Morgan fingerprint density at radius 1 is 1.45 bits per heavy atom. The van der Waals surface area contributed by atoms with Crippen molar-refractivity contribution >= 4 is 21.6 Å². The van der Waals surface area contributed by atoms with Crippen molar-refractivity contribution in [3.05, 3.63) is 29.3 Å². The van der Waals surface area contributed by atoms with Gasteiger partial charge in [0.2, 0.25) is 0 Å². The molecule has 2 N–H and O–H groups in total. The largest absolute Gasteiger partial charge is 0.388 e. The van der Waals surface area contributed by atoms with Crippen LogP contribution in [0, 0.1) is 0 Å². The van der Waals surface area contributed by atoms with Gasteiger partial charge in [0.25, 0.3) is 0 Å². The number of hydrogen-bond donors (Lipinski definition) is 2. The standard InChI is InChI=1S/C16H23N3O2S/c1-16(20,12-19-3-5-21-6-4-19)11-17-9-13-8-15-14(18-10-13)2-7-22-15/h2,7-8,10,17,20H,3-6,9,11-12H2,1H3. The molecule has 5 nitrogen and oxygen atoms in total. The van der Waals surface area contributed by atoms with Crippen LogP contribution >= 0.6 is 11.3 Å². The van der Waals surface area contributed by atoms with E-state index < -0.39 is 5.60 Å². The van der Waals surface area contributed by atoms with E-state index in [1.807, 2.05) is 19.2 Å². The third kappa shape index (κ3) is 4.24. The van der Waals surface area contributed by atoms with E-state index in [0.29, 0.717) is 13.1 Å². The monoisotopic (exact) mass is 321 g/mol. The van der Waals surface area contributed by atoms with Crippen LogP contribution in [-0.4, -0.2) is 60.0 Å². The summed E-state index contributed by atoms with van der Waals surface area (Å²) < 4.78 is 6.54. The quantitative estimate of drug-likeness (QED) is 0.844. The number of ether oxygens (including phenoxy) is 1. The molecule has 1 unspecified atom stereocenters. The Morgan fingerprint density at radius 3 is 3.09 bits per heavy atom. The molecule has 0 amide bonds. The number of aromatic nitrogens is 1. The van der Waals surface area contributed by atoms with Gasteiger partial charge in [-0.2, -0.15) is 0 Å². The molecule has 0 radical (unpaired) electrons. The Hall–Kier alpha value is -1.05. The number of nitrogens with one attached hydrogen (secondary N) is 1. The predicted octanol–water partition coefficient (Wildman–Crippen LogP) is 1.47. The lowest BCUT2D eigenvalue weighted by molar-refractivity contribution is -0.0219. The Morgan fingerprint density at radius 2 is 2.27 bits per heavy atom. The number of aliphatic hydroxyl groups is 1. The van der Waals surface area contributed by atoms with E-state index in [4.69, 9.17) is 4.74 Å². The summed E-state index contributed by atoms with van der Waals surface area (Å²) in [5.41, 5.74) is 1.46. The highest BCUT2D eigenvalue weighted by Gasteiger charge is 2.24. The van der Waals surface area contributed by atoms with Crippen LogP contribution in [0.2, 0.25) is 0 Å². The SMILES string of the molecule is CC(O)(CNCc1cnc2ccsc2c1)CN1CCOCC1. The first-order valence-corrected chi connectivity index (χ1v) is 8.56. The Bertz CT molecular complexity index is 608. The van der Waals surface area contributed by atoms with Crippen molar-refractivity contribution in [2.45, 2.75) is 19.1 Å². The third-order valence-electron chi connectivity index (χ3n) is 3.86. The van der Waals surface area contributed by atoms with Crippen LogP contribution in [0.4, 0.5) is 0 Å². The maximum absolute atomic E-state index is 10.5. The average molecular weight is 321 g/mol. The summed E-state index contributed by atoms with van der Waals surface area (Å²) >= 11 is 1.71. The predicted molar refractivity (Wildman–Crippen MR) is 89.2 cm³/mol. The molecule has 1 saturated heterocycles. The van der Waals surface area contributed by atoms with Crippen molar-refractivity contribution in [2.24, 2.45) is 0 Å². The van der Waals surface area contributed by atoms with Gasteiger partial charge in [-0.1, -0.05) is 0 Å². The molecule has 2 aromatic heterocycles. The van der Waals surface area contributed by atoms with Crippen LogP contribution in [0.15, 0.2) is 23.7 Å². The minimum absolute atomic E-state index is 0.562. The number of fused-ring (bicyclic) bond motifs is 1. The summed E-state index contributed by atoms with van der Waals surface area (Å²) in [7, 11) is 0. The number of hydrogen-bond acceptors (Lipinski definition) is 6. The van der Waals surface area contributed by atoms with Crippen molar-refractivity contribution in [2.75, 3.05) is 39.4 Å². The van der Waals surface area contributed by atoms with Crippen LogP contribution in [0.5, 0.6) is 0 Å². The Labute approximate surface area is 134 Å². The molecule has 1 aliphatic rings. The molecule has 22 heavy (non-hydrogen) atoms. The van der Waals surface area contributed by atoms with Gasteiger partial charge in [-0.05, 0) is 30.0 Å². The fourth-order valence-corrected chi connectivity index (χ4v) is 3.56. The average Bonchev–Trinajstić information content (AvgIpc) is 2.95. The van der Waals surface area contributed by atoms with Gasteiger partial charge in [0.05, 0.1) is 29.0 Å². The summed E-state index contributed by atoms with van der Waals surface area (Å²) in [4.78, 5) is 6.69. The van der Waals surface area contributed by atoms with Crippen molar-refractivity contribution in [1.29, 1.82) is 0 Å². The number of β-amino-alcohol motifs (C(OH)–C–C–N with tert-alkyl or cyclic N) is 1. The lowest BCUT2D eigenvalue weighted by Gasteiger charge is -2.34. The maximum Gasteiger partial charge on any atom is 0.0869 e. The molecular weight excluding hydrogens is 298 g/mol. The third-order valence-corrected chi connectivity index (χ3v) is 4.72. The van der Waals surface area contributed by atoms with Crippen LogP contribution < -0.4 is 5.32 Å². The molecule has 3 heterocycles. The van der Waals surface area contributed by atoms with E-state index in [-0.39, 0.29) is 0 Å². The minimum Gasteiger partial charge on any atom is -0.388 e. The highest BCUT2D eigenvalue weighted by Crippen LogP contribution is 2.19. The highest BCUT2D eigenvalue weighted by atomic mass is 32.1. The second-order valence-electron chi connectivity index (χ2n) is 6.14. The maximum atomic E-state index is 10.5. The molecule has 2 aromatic rings. The van der Waals surface area contributed by atoms with Crippen molar-refractivity contribution in [3.8, 4) is 0 Å². The lowest BCUT2D eigenvalue weighted by atomic mass is 10.1. The van der Waals surface area contributed by atoms with E-state index >= 15 is 0 Å². The Kier molecular flexibility index (Phi) is 5.05. The molecule has 1 aliphatic heterocycles. The van der Waals surface area contributed by atoms with Crippen LogP contribution in [0.1, 0.15) is 12.5 Å². The number of morpholine rings is 1. The zero-order valence-electron chi connectivity index (χ0n) is 12.9. The highest BCUT2D eigenvalue weighted by molar-refractivity contribution is 7.17. The van der Waals surface area contributed by atoms with Crippen LogP contribution in [-0.2, 0) is 11.3 Å². The van der Waals surface area contributed by atoms with E-state index in [0.717, 1.165) is 43.9 Å². The first kappa shape index (κ1) is 15.8. The topological polar surface area (TPSA) is 57.6 Å². The molecule has 0 aliphatic carbocycles. The molecule has 0 saturated carbocycles. The van der Waals surface area contributed by atoms with Crippen LogP contribution in [0.3, 0.4) is 0 Å². The summed E-state index contributed by atoms with van der Waals surface area (Å²) in [6, 6.07) is 4.20. The number of pyridine rings is 1. The number of rotatable bonds is 6. The van der Waals surface area contributed by atoms with Crippen LogP contribution in [0.25, 0.3) is 10.2 Å². The molecule has 1 atom stereocenters. The molecule has 6 heteroatoms. The molecular formula is C16H23N3O2S. The molecule has 0 bridgehead atoms.